The molecule has 0 aromatic heterocycles. The molecule has 0 bridgehead atoms. The zero-order valence-corrected chi connectivity index (χ0v) is 9.39. The Morgan fingerprint density at radius 1 is 1.29 bits per heavy atom. The molecule has 86 valence electrons. The standard InChI is InChI=1S/C4H13NO7P2/c1-5-3-2-4(6,11-13(7)8)12-14(9)10/h5-6,13-14H,2-3H2,1H3,(H,7,8)(H,9,10). The molecule has 8 nitrogen and oxygen atoms in total. The van der Waals surface area contributed by atoms with E-state index in [1.807, 2.05) is 0 Å². The zero-order chi connectivity index (χ0) is 11.2. The average molecular weight is 249 g/mol. The van der Waals surface area contributed by atoms with Gasteiger partial charge in [0, 0.05) is 13.0 Å². The molecule has 0 amide bonds. The fraction of sp³-hybridized carbons (Fsp3) is 1.00. The van der Waals surface area contributed by atoms with Crippen LogP contribution in [0.1, 0.15) is 6.42 Å². The van der Waals surface area contributed by atoms with Crippen molar-refractivity contribution in [3.8, 4) is 0 Å². The summed E-state index contributed by atoms with van der Waals surface area (Å²) in [5, 5.41) is 11.9. The van der Waals surface area contributed by atoms with Gasteiger partial charge in [-0.05, 0) is 7.05 Å². The van der Waals surface area contributed by atoms with E-state index < -0.39 is 22.5 Å². The van der Waals surface area contributed by atoms with E-state index in [1.54, 1.807) is 7.05 Å². The van der Waals surface area contributed by atoms with Gasteiger partial charge in [0.05, 0.1) is 0 Å². The highest BCUT2D eigenvalue weighted by molar-refractivity contribution is 7.33. The topological polar surface area (TPSA) is 125 Å². The number of aliphatic hydroxyl groups is 1. The van der Waals surface area contributed by atoms with Crippen molar-refractivity contribution in [2.45, 2.75) is 12.4 Å². The van der Waals surface area contributed by atoms with Crippen LogP contribution in [0.3, 0.4) is 0 Å². The van der Waals surface area contributed by atoms with Crippen molar-refractivity contribution in [1.29, 1.82) is 0 Å². The minimum atomic E-state index is -3.45. The second-order valence-electron chi connectivity index (χ2n) is 2.30. The van der Waals surface area contributed by atoms with Crippen LogP contribution in [0.2, 0.25) is 0 Å². The molecular weight excluding hydrogens is 236 g/mol. The van der Waals surface area contributed by atoms with Gasteiger partial charge in [-0.3, -0.25) is 18.2 Å². The maximum atomic E-state index is 10.3. The molecule has 0 radical (unpaired) electrons. The third kappa shape index (κ3) is 6.64. The van der Waals surface area contributed by atoms with Gasteiger partial charge in [-0.25, -0.2) is 0 Å². The van der Waals surface area contributed by atoms with Crippen molar-refractivity contribution in [3.63, 3.8) is 0 Å². The lowest BCUT2D eigenvalue weighted by molar-refractivity contribution is -0.275. The predicted octanol–water partition coefficient (Wildman–Crippen LogP) is -0.961. The molecule has 10 heteroatoms. The van der Waals surface area contributed by atoms with Gasteiger partial charge in [0.25, 0.3) is 5.97 Å². The Morgan fingerprint density at radius 3 is 2.00 bits per heavy atom. The Bertz CT molecular complexity index is 206. The van der Waals surface area contributed by atoms with Crippen molar-refractivity contribution in [2.24, 2.45) is 0 Å². The van der Waals surface area contributed by atoms with Gasteiger partial charge in [-0.1, -0.05) is 0 Å². The van der Waals surface area contributed by atoms with Gasteiger partial charge >= 0.3 is 16.5 Å². The van der Waals surface area contributed by atoms with E-state index in [4.69, 9.17) is 9.79 Å². The second kappa shape index (κ2) is 6.66. The van der Waals surface area contributed by atoms with Gasteiger partial charge in [0.1, 0.15) is 0 Å². The van der Waals surface area contributed by atoms with Crippen molar-refractivity contribution in [3.05, 3.63) is 0 Å². The first-order valence-corrected chi connectivity index (χ1v) is 6.13. The highest BCUT2D eigenvalue weighted by Crippen LogP contribution is 2.34. The van der Waals surface area contributed by atoms with Crippen molar-refractivity contribution in [2.75, 3.05) is 13.6 Å². The maximum absolute atomic E-state index is 10.3. The van der Waals surface area contributed by atoms with Crippen LogP contribution in [0.5, 0.6) is 0 Å². The minimum absolute atomic E-state index is 0.181. The van der Waals surface area contributed by atoms with Crippen LogP contribution < -0.4 is 5.32 Å². The van der Waals surface area contributed by atoms with Gasteiger partial charge in [-0.15, -0.1) is 0 Å². The Kier molecular flexibility index (Phi) is 6.76. The Balaban J connectivity index is 4.31. The van der Waals surface area contributed by atoms with Crippen LogP contribution in [0, 0.1) is 0 Å². The molecule has 0 rings (SSSR count). The van der Waals surface area contributed by atoms with E-state index in [0.29, 0.717) is 0 Å². The predicted molar refractivity (Wildman–Crippen MR) is 48.1 cm³/mol. The summed E-state index contributed by atoms with van der Waals surface area (Å²) in [5.74, 6) is -2.50. The summed E-state index contributed by atoms with van der Waals surface area (Å²) < 4.78 is 28.8. The summed E-state index contributed by atoms with van der Waals surface area (Å²) in [4.78, 5) is 16.8. The van der Waals surface area contributed by atoms with Crippen molar-refractivity contribution >= 4 is 16.5 Å². The summed E-state index contributed by atoms with van der Waals surface area (Å²) in [6.45, 7) is 0.181. The molecule has 0 aromatic carbocycles. The van der Waals surface area contributed by atoms with Crippen LogP contribution in [-0.4, -0.2) is 34.5 Å². The normalized spacial score (nSPS) is 20.0. The van der Waals surface area contributed by atoms with Gasteiger partial charge in [-0.2, -0.15) is 0 Å². The highest BCUT2D eigenvalue weighted by atomic mass is 31.1. The molecule has 0 saturated carbocycles. The van der Waals surface area contributed by atoms with Gasteiger partial charge in [0.2, 0.25) is 0 Å². The molecule has 14 heavy (non-hydrogen) atoms. The largest absolute Gasteiger partial charge is 0.343 e. The van der Waals surface area contributed by atoms with E-state index in [9.17, 15) is 14.2 Å². The first-order chi connectivity index (χ1) is 6.39. The quantitative estimate of drug-likeness (QED) is 0.335. The van der Waals surface area contributed by atoms with E-state index in [0.717, 1.165) is 0 Å². The van der Waals surface area contributed by atoms with Crippen molar-refractivity contribution in [1.82, 2.24) is 5.32 Å². The summed E-state index contributed by atoms with van der Waals surface area (Å²) >= 11 is 0. The number of rotatable bonds is 7. The molecular formula is C4H13NO7P2. The van der Waals surface area contributed by atoms with Crippen LogP contribution in [0.15, 0.2) is 0 Å². The molecule has 0 aliphatic rings. The number of hydrogen-bond acceptors (Lipinski definition) is 6. The van der Waals surface area contributed by atoms with Gasteiger partial charge < -0.3 is 20.2 Å². The summed E-state index contributed by atoms with van der Waals surface area (Å²) in [5.41, 5.74) is 0. The lowest BCUT2D eigenvalue weighted by Crippen LogP contribution is -2.34. The molecule has 0 aliphatic carbocycles. The molecule has 0 saturated heterocycles. The Labute approximate surface area is 81.7 Å². The highest BCUT2D eigenvalue weighted by Gasteiger charge is 2.32. The van der Waals surface area contributed by atoms with Crippen molar-refractivity contribution < 1.29 is 33.1 Å². The fourth-order valence-corrected chi connectivity index (χ4v) is 1.60. The Morgan fingerprint density at radius 2 is 1.71 bits per heavy atom. The van der Waals surface area contributed by atoms with Crippen LogP contribution in [0.25, 0.3) is 0 Å². The minimum Gasteiger partial charge on any atom is -0.343 e. The summed E-state index contributed by atoms with van der Waals surface area (Å²) in [7, 11) is -5.35. The monoisotopic (exact) mass is 249 g/mol. The zero-order valence-electron chi connectivity index (χ0n) is 7.39. The molecule has 0 heterocycles. The van der Waals surface area contributed by atoms with E-state index in [-0.39, 0.29) is 13.0 Å². The molecule has 0 aliphatic heterocycles. The SMILES string of the molecule is CNCCC(O)(O[PH](=O)O)O[PH](=O)O. The second-order valence-corrected chi connectivity index (χ2v) is 3.77. The summed E-state index contributed by atoms with van der Waals surface area (Å²) in [6, 6.07) is 0. The number of hydrogen-bond donors (Lipinski definition) is 4. The fourth-order valence-electron chi connectivity index (χ4n) is 0.679. The third-order valence-electron chi connectivity index (χ3n) is 1.18. The molecule has 2 atom stereocenters. The summed E-state index contributed by atoms with van der Waals surface area (Å²) in [6.07, 6.45) is -0.253. The molecule has 0 aromatic rings. The molecule has 0 fully saturated rings. The lowest BCUT2D eigenvalue weighted by atomic mass is 10.4. The van der Waals surface area contributed by atoms with E-state index in [1.165, 1.54) is 0 Å². The van der Waals surface area contributed by atoms with Gasteiger partial charge in [0.15, 0.2) is 0 Å². The Hall–Kier alpha value is 0.220. The van der Waals surface area contributed by atoms with Crippen LogP contribution in [0.4, 0.5) is 0 Å². The first-order valence-electron chi connectivity index (χ1n) is 3.60. The average Bonchev–Trinajstić information content (AvgIpc) is 1.97. The maximum Gasteiger partial charge on any atom is 0.320 e. The smallest absolute Gasteiger partial charge is 0.320 e. The first kappa shape index (κ1) is 14.2. The molecule has 4 N–H and O–H groups in total. The van der Waals surface area contributed by atoms with E-state index >= 15 is 0 Å². The van der Waals surface area contributed by atoms with Crippen LogP contribution >= 0.6 is 16.5 Å². The molecule has 2 unspecified atom stereocenters. The van der Waals surface area contributed by atoms with E-state index in [2.05, 4.69) is 14.4 Å². The van der Waals surface area contributed by atoms with Crippen LogP contribution in [-0.2, 0) is 18.2 Å². The lowest BCUT2D eigenvalue weighted by Gasteiger charge is -2.24. The third-order valence-corrected chi connectivity index (χ3v) is 2.17. The molecule has 0 spiro atoms. The number of nitrogens with one attached hydrogen (secondary N) is 1.